The minimum Gasteiger partial charge on any atom is -0.347 e. The SMILES string of the molecule is O=Cc1ccc2c(ccn2CCCCc2ccccc2)c1. The molecule has 21 heavy (non-hydrogen) atoms. The summed E-state index contributed by atoms with van der Waals surface area (Å²) in [5.74, 6) is 0. The van der Waals surface area contributed by atoms with Crippen molar-refractivity contribution < 1.29 is 4.79 Å². The molecule has 2 nitrogen and oxygen atoms in total. The van der Waals surface area contributed by atoms with E-state index in [1.54, 1.807) is 0 Å². The average molecular weight is 277 g/mol. The molecule has 0 unspecified atom stereocenters. The molecule has 0 radical (unpaired) electrons. The van der Waals surface area contributed by atoms with Gasteiger partial charge in [0, 0.05) is 29.2 Å². The van der Waals surface area contributed by atoms with Crippen molar-refractivity contribution in [1.82, 2.24) is 4.57 Å². The summed E-state index contributed by atoms with van der Waals surface area (Å²) in [7, 11) is 0. The lowest BCUT2D eigenvalue weighted by Gasteiger charge is -2.06. The summed E-state index contributed by atoms with van der Waals surface area (Å²) in [6.07, 6.45) is 6.50. The zero-order valence-electron chi connectivity index (χ0n) is 12.0. The van der Waals surface area contributed by atoms with E-state index in [9.17, 15) is 4.79 Å². The summed E-state index contributed by atoms with van der Waals surface area (Å²) in [5.41, 5.74) is 3.36. The average Bonchev–Trinajstić information content (AvgIpc) is 2.95. The Bertz CT molecular complexity index is 728. The number of rotatable bonds is 6. The Morgan fingerprint density at radius 2 is 1.81 bits per heavy atom. The van der Waals surface area contributed by atoms with Crippen molar-refractivity contribution in [3.63, 3.8) is 0 Å². The number of nitrogens with zero attached hydrogens (tertiary/aromatic N) is 1. The topological polar surface area (TPSA) is 22.0 Å². The maximum Gasteiger partial charge on any atom is 0.150 e. The summed E-state index contributed by atoms with van der Waals surface area (Å²) < 4.78 is 2.27. The van der Waals surface area contributed by atoms with Crippen LogP contribution in [0.25, 0.3) is 10.9 Å². The Labute approximate surface area is 125 Å². The Morgan fingerprint density at radius 1 is 0.952 bits per heavy atom. The van der Waals surface area contributed by atoms with Crippen LogP contribution in [0.15, 0.2) is 60.8 Å². The highest BCUT2D eigenvalue weighted by molar-refractivity contribution is 5.87. The number of carbonyl (C=O) groups is 1. The van der Waals surface area contributed by atoms with Crippen molar-refractivity contribution in [3.8, 4) is 0 Å². The monoisotopic (exact) mass is 277 g/mol. The van der Waals surface area contributed by atoms with Crippen molar-refractivity contribution in [2.75, 3.05) is 0 Å². The van der Waals surface area contributed by atoms with Gasteiger partial charge in [0.15, 0.2) is 0 Å². The third-order valence-electron chi connectivity index (χ3n) is 3.89. The molecule has 106 valence electrons. The first-order valence-corrected chi connectivity index (χ1v) is 7.45. The first-order chi connectivity index (χ1) is 10.4. The predicted octanol–water partition coefficient (Wildman–Crippen LogP) is 4.48. The molecule has 0 spiro atoms. The highest BCUT2D eigenvalue weighted by atomic mass is 16.1. The van der Waals surface area contributed by atoms with Gasteiger partial charge in [-0.25, -0.2) is 0 Å². The Kier molecular flexibility index (Phi) is 4.15. The molecule has 0 saturated carbocycles. The molecular weight excluding hydrogens is 258 g/mol. The molecule has 1 heterocycles. The van der Waals surface area contributed by atoms with Crippen molar-refractivity contribution in [2.45, 2.75) is 25.8 Å². The van der Waals surface area contributed by atoms with Crippen molar-refractivity contribution >= 4 is 17.2 Å². The van der Waals surface area contributed by atoms with Gasteiger partial charge in [0.25, 0.3) is 0 Å². The Hall–Kier alpha value is -2.35. The first-order valence-electron chi connectivity index (χ1n) is 7.45. The maximum atomic E-state index is 10.8. The van der Waals surface area contributed by atoms with Crippen LogP contribution in [0.5, 0.6) is 0 Å². The van der Waals surface area contributed by atoms with Gasteiger partial charge in [-0.1, -0.05) is 30.3 Å². The van der Waals surface area contributed by atoms with Gasteiger partial charge in [-0.05, 0) is 49.1 Å². The summed E-state index contributed by atoms with van der Waals surface area (Å²) in [6, 6.07) is 18.6. The van der Waals surface area contributed by atoms with Crippen molar-refractivity contribution in [3.05, 3.63) is 71.9 Å². The lowest BCUT2D eigenvalue weighted by Crippen LogP contribution is -1.97. The molecular formula is C19H19NO. The normalized spacial score (nSPS) is 10.9. The van der Waals surface area contributed by atoms with E-state index < -0.39 is 0 Å². The molecule has 2 aromatic carbocycles. The lowest BCUT2D eigenvalue weighted by molar-refractivity contribution is 0.112. The molecule has 0 aliphatic carbocycles. The second-order valence-electron chi connectivity index (χ2n) is 5.39. The van der Waals surface area contributed by atoms with Crippen LogP contribution in [-0.4, -0.2) is 10.9 Å². The van der Waals surface area contributed by atoms with E-state index >= 15 is 0 Å². The second-order valence-corrected chi connectivity index (χ2v) is 5.39. The number of hydrogen-bond acceptors (Lipinski definition) is 1. The van der Waals surface area contributed by atoms with Gasteiger partial charge in [-0.15, -0.1) is 0 Å². The lowest BCUT2D eigenvalue weighted by atomic mass is 10.1. The van der Waals surface area contributed by atoms with Crippen LogP contribution in [0.2, 0.25) is 0 Å². The van der Waals surface area contributed by atoms with E-state index in [1.807, 2.05) is 18.2 Å². The smallest absolute Gasteiger partial charge is 0.150 e. The van der Waals surface area contributed by atoms with E-state index in [4.69, 9.17) is 0 Å². The molecule has 3 aromatic rings. The van der Waals surface area contributed by atoms with E-state index in [1.165, 1.54) is 17.5 Å². The number of aryl methyl sites for hydroxylation is 2. The minimum atomic E-state index is 0.740. The predicted molar refractivity (Wildman–Crippen MR) is 86.7 cm³/mol. The zero-order chi connectivity index (χ0) is 14.5. The van der Waals surface area contributed by atoms with Crippen molar-refractivity contribution in [1.29, 1.82) is 0 Å². The van der Waals surface area contributed by atoms with Gasteiger partial charge >= 0.3 is 0 Å². The summed E-state index contributed by atoms with van der Waals surface area (Å²) in [4.78, 5) is 10.8. The van der Waals surface area contributed by atoms with Crippen LogP contribution in [0.4, 0.5) is 0 Å². The standard InChI is InChI=1S/C19H19NO/c21-15-17-9-10-19-18(14-17)11-13-20(19)12-5-4-8-16-6-2-1-3-7-16/h1-3,6-7,9-11,13-15H,4-5,8,12H2. The van der Waals surface area contributed by atoms with E-state index in [0.717, 1.165) is 36.6 Å². The fourth-order valence-corrected chi connectivity index (χ4v) is 2.74. The molecule has 1 aromatic heterocycles. The minimum absolute atomic E-state index is 0.740. The molecule has 0 fully saturated rings. The number of aldehydes is 1. The number of aromatic nitrogens is 1. The van der Waals surface area contributed by atoms with Gasteiger partial charge in [-0.3, -0.25) is 4.79 Å². The Morgan fingerprint density at radius 3 is 2.62 bits per heavy atom. The van der Waals surface area contributed by atoms with Crippen LogP contribution >= 0.6 is 0 Å². The molecule has 0 bridgehead atoms. The highest BCUT2D eigenvalue weighted by Gasteiger charge is 2.02. The fraction of sp³-hybridized carbons (Fsp3) is 0.211. The number of unbranched alkanes of at least 4 members (excludes halogenated alkanes) is 1. The summed E-state index contributed by atoms with van der Waals surface area (Å²) >= 11 is 0. The molecule has 0 amide bonds. The Balaban J connectivity index is 1.59. The van der Waals surface area contributed by atoms with E-state index in [0.29, 0.717) is 0 Å². The van der Waals surface area contributed by atoms with E-state index in [2.05, 4.69) is 47.2 Å². The van der Waals surface area contributed by atoms with Crippen LogP contribution in [0.3, 0.4) is 0 Å². The number of fused-ring (bicyclic) bond motifs is 1. The molecule has 0 saturated heterocycles. The van der Waals surface area contributed by atoms with Gasteiger partial charge < -0.3 is 4.57 Å². The van der Waals surface area contributed by atoms with E-state index in [-0.39, 0.29) is 0 Å². The third kappa shape index (κ3) is 3.22. The number of carbonyl (C=O) groups excluding carboxylic acids is 1. The quantitative estimate of drug-likeness (QED) is 0.481. The van der Waals surface area contributed by atoms with Gasteiger partial charge in [0.1, 0.15) is 6.29 Å². The fourth-order valence-electron chi connectivity index (χ4n) is 2.74. The van der Waals surface area contributed by atoms with Crippen LogP contribution in [0.1, 0.15) is 28.8 Å². The molecule has 3 rings (SSSR count). The second kappa shape index (κ2) is 6.40. The highest BCUT2D eigenvalue weighted by Crippen LogP contribution is 2.18. The summed E-state index contributed by atoms with van der Waals surface area (Å²) in [5, 5.41) is 1.14. The zero-order valence-corrected chi connectivity index (χ0v) is 12.0. The van der Waals surface area contributed by atoms with Crippen LogP contribution < -0.4 is 0 Å². The van der Waals surface area contributed by atoms with Crippen LogP contribution in [0, 0.1) is 0 Å². The number of hydrogen-bond donors (Lipinski definition) is 0. The largest absolute Gasteiger partial charge is 0.347 e. The third-order valence-corrected chi connectivity index (χ3v) is 3.89. The number of benzene rings is 2. The van der Waals surface area contributed by atoms with Crippen LogP contribution in [-0.2, 0) is 13.0 Å². The van der Waals surface area contributed by atoms with Crippen molar-refractivity contribution in [2.24, 2.45) is 0 Å². The van der Waals surface area contributed by atoms with Gasteiger partial charge in [0.05, 0.1) is 0 Å². The molecule has 0 aliphatic heterocycles. The van der Waals surface area contributed by atoms with Gasteiger partial charge in [-0.2, -0.15) is 0 Å². The first kappa shape index (κ1) is 13.6. The maximum absolute atomic E-state index is 10.8. The summed E-state index contributed by atoms with van der Waals surface area (Å²) in [6.45, 7) is 1.02. The van der Waals surface area contributed by atoms with Gasteiger partial charge in [0.2, 0.25) is 0 Å². The molecule has 0 aliphatic rings. The molecule has 0 N–H and O–H groups in total. The molecule has 0 atom stereocenters. The molecule has 2 heteroatoms.